The summed E-state index contributed by atoms with van der Waals surface area (Å²) in [5.74, 6) is -0.236. The van der Waals surface area contributed by atoms with E-state index in [-0.39, 0.29) is 35.3 Å². The summed E-state index contributed by atoms with van der Waals surface area (Å²) < 4.78 is 42.2. The molecule has 0 spiro atoms. The molecule has 1 aliphatic heterocycles. The van der Waals surface area contributed by atoms with Crippen molar-refractivity contribution in [3.8, 4) is 5.75 Å². The number of nitrogens with one attached hydrogen (secondary N) is 1. The molecule has 37 heavy (non-hydrogen) atoms. The predicted molar refractivity (Wildman–Crippen MR) is 138 cm³/mol. The molecule has 8 heteroatoms. The van der Waals surface area contributed by atoms with Crippen LogP contribution in [0.4, 0.5) is 18.0 Å². The number of amides is 2. The van der Waals surface area contributed by atoms with Crippen LogP contribution in [-0.2, 0) is 0 Å². The van der Waals surface area contributed by atoms with Gasteiger partial charge in [0, 0.05) is 25.7 Å². The van der Waals surface area contributed by atoms with E-state index in [1.54, 1.807) is 12.1 Å². The lowest BCUT2D eigenvalue weighted by molar-refractivity contribution is -0.274. The van der Waals surface area contributed by atoms with Gasteiger partial charge in [0.1, 0.15) is 5.75 Å². The van der Waals surface area contributed by atoms with Crippen molar-refractivity contribution in [2.24, 2.45) is 5.41 Å². The van der Waals surface area contributed by atoms with Crippen molar-refractivity contribution in [1.29, 1.82) is 0 Å². The lowest BCUT2D eigenvalue weighted by Crippen LogP contribution is -2.62. The SMILES string of the molecule is CC(C)(C)[C@H]1CN(C(c2ccccc2)c2ccc(OC(F)(F)F)cc2)CCN1C(=O)NC1CCCCC1. The van der Waals surface area contributed by atoms with Crippen LogP contribution < -0.4 is 10.1 Å². The van der Waals surface area contributed by atoms with E-state index in [0.29, 0.717) is 19.6 Å². The number of alkyl halides is 3. The van der Waals surface area contributed by atoms with E-state index < -0.39 is 6.36 Å². The number of ether oxygens (including phenoxy) is 1. The van der Waals surface area contributed by atoms with E-state index in [9.17, 15) is 18.0 Å². The molecule has 202 valence electrons. The summed E-state index contributed by atoms with van der Waals surface area (Å²) in [4.78, 5) is 17.7. The van der Waals surface area contributed by atoms with Gasteiger partial charge in [0.25, 0.3) is 0 Å². The molecule has 2 fully saturated rings. The molecule has 2 aromatic rings. The van der Waals surface area contributed by atoms with Crippen molar-refractivity contribution in [3.05, 3.63) is 65.7 Å². The number of carbonyl (C=O) groups is 1. The lowest BCUT2D eigenvalue weighted by atomic mass is 9.83. The van der Waals surface area contributed by atoms with Crippen LogP contribution in [0.3, 0.4) is 0 Å². The molecular weight excluding hydrogens is 479 g/mol. The fourth-order valence-electron chi connectivity index (χ4n) is 5.63. The molecule has 1 unspecified atom stereocenters. The second kappa shape index (κ2) is 11.3. The number of hydrogen-bond acceptors (Lipinski definition) is 3. The zero-order valence-electron chi connectivity index (χ0n) is 21.9. The Kier molecular flexibility index (Phi) is 8.36. The fraction of sp³-hybridized carbons (Fsp3) is 0.552. The Balaban J connectivity index is 1.57. The van der Waals surface area contributed by atoms with E-state index >= 15 is 0 Å². The largest absolute Gasteiger partial charge is 0.573 e. The highest BCUT2D eigenvalue weighted by atomic mass is 19.4. The van der Waals surface area contributed by atoms with Gasteiger partial charge in [-0.3, -0.25) is 4.90 Å². The van der Waals surface area contributed by atoms with Crippen LogP contribution in [-0.4, -0.2) is 53.9 Å². The van der Waals surface area contributed by atoms with Crippen LogP contribution in [0.15, 0.2) is 54.6 Å². The van der Waals surface area contributed by atoms with Crippen LogP contribution in [0.5, 0.6) is 5.75 Å². The Labute approximate surface area is 218 Å². The highest BCUT2D eigenvalue weighted by molar-refractivity contribution is 5.75. The number of carbonyl (C=O) groups excluding carboxylic acids is 1. The standard InChI is InChI=1S/C29H38F3N3O2/c1-28(2,3)25-20-34(18-19-35(25)27(36)33-23-12-8-5-9-13-23)26(21-10-6-4-7-11-21)22-14-16-24(17-15-22)37-29(30,31)32/h4,6-7,10-11,14-17,23,25-26H,5,8-9,12-13,18-20H2,1-3H3,(H,33,36)/t25-,26?/m1/s1. The lowest BCUT2D eigenvalue weighted by Gasteiger charge is -2.49. The van der Waals surface area contributed by atoms with Crippen molar-refractivity contribution >= 4 is 6.03 Å². The van der Waals surface area contributed by atoms with Crippen LogP contribution in [0.25, 0.3) is 0 Å². The minimum Gasteiger partial charge on any atom is -0.406 e. The van der Waals surface area contributed by atoms with Gasteiger partial charge in [0.2, 0.25) is 0 Å². The van der Waals surface area contributed by atoms with Gasteiger partial charge in [-0.2, -0.15) is 0 Å². The molecule has 1 heterocycles. The zero-order valence-corrected chi connectivity index (χ0v) is 21.9. The van der Waals surface area contributed by atoms with E-state index in [0.717, 1.165) is 36.8 Å². The van der Waals surface area contributed by atoms with Gasteiger partial charge < -0.3 is 15.0 Å². The molecule has 5 nitrogen and oxygen atoms in total. The number of urea groups is 1. The first-order valence-electron chi connectivity index (χ1n) is 13.2. The first-order valence-corrected chi connectivity index (χ1v) is 13.2. The second-order valence-electron chi connectivity index (χ2n) is 11.3. The van der Waals surface area contributed by atoms with E-state index in [1.165, 1.54) is 18.6 Å². The number of nitrogens with zero attached hydrogens (tertiary/aromatic N) is 2. The van der Waals surface area contributed by atoms with Crippen LogP contribution in [0, 0.1) is 5.41 Å². The molecule has 1 saturated carbocycles. The summed E-state index contributed by atoms with van der Waals surface area (Å²) in [6, 6.07) is 16.2. The maximum atomic E-state index is 13.4. The Morgan fingerprint density at radius 2 is 1.54 bits per heavy atom. The van der Waals surface area contributed by atoms with Gasteiger partial charge in [0.05, 0.1) is 12.1 Å². The quantitative estimate of drug-likeness (QED) is 0.477. The zero-order chi connectivity index (χ0) is 26.6. The third kappa shape index (κ3) is 7.18. The average Bonchev–Trinajstić information content (AvgIpc) is 2.85. The molecule has 0 radical (unpaired) electrons. The first kappa shape index (κ1) is 27.3. The number of benzene rings is 2. The number of halogens is 3. The van der Waals surface area contributed by atoms with Crippen molar-refractivity contribution in [3.63, 3.8) is 0 Å². The molecule has 2 amide bonds. The summed E-state index contributed by atoms with van der Waals surface area (Å²) in [5.41, 5.74) is 1.78. The van der Waals surface area contributed by atoms with Crippen LogP contribution >= 0.6 is 0 Å². The highest BCUT2D eigenvalue weighted by Crippen LogP contribution is 2.36. The predicted octanol–water partition coefficient (Wildman–Crippen LogP) is 6.75. The minimum atomic E-state index is -4.73. The van der Waals surface area contributed by atoms with Crippen molar-refractivity contribution < 1.29 is 22.7 Å². The third-order valence-electron chi connectivity index (χ3n) is 7.51. The highest BCUT2D eigenvalue weighted by Gasteiger charge is 2.41. The number of hydrogen-bond donors (Lipinski definition) is 1. The summed E-state index contributed by atoms with van der Waals surface area (Å²) in [6.07, 6.45) is 0.903. The number of rotatable bonds is 5. The molecule has 2 aromatic carbocycles. The molecule has 4 rings (SSSR count). The topological polar surface area (TPSA) is 44.8 Å². The smallest absolute Gasteiger partial charge is 0.406 e. The van der Waals surface area contributed by atoms with E-state index in [2.05, 4.69) is 35.7 Å². The molecule has 0 bridgehead atoms. The summed E-state index contributed by atoms with van der Waals surface area (Å²) >= 11 is 0. The van der Waals surface area contributed by atoms with Crippen LogP contribution in [0.1, 0.15) is 70.0 Å². The Hall–Kier alpha value is -2.74. The number of piperazine rings is 1. The van der Waals surface area contributed by atoms with Gasteiger partial charge in [-0.05, 0) is 41.5 Å². The van der Waals surface area contributed by atoms with Gasteiger partial charge in [-0.1, -0.05) is 82.5 Å². The molecule has 1 aliphatic carbocycles. The maximum Gasteiger partial charge on any atom is 0.573 e. The summed E-state index contributed by atoms with van der Waals surface area (Å²) in [7, 11) is 0. The minimum absolute atomic E-state index is 0.0105. The maximum absolute atomic E-state index is 13.4. The Bertz CT molecular complexity index is 1020. The molecular formula is C29H38F3N3O2. The molecule has 1 saturated heterocycles. The third-order valence-corrected chi connectivity index (χ3v) is 7.51. The first-order chi connectivity index (χ1) is 17.5. The average molecular weight is 518 g/mol. The fourth-order valence-corrected chi connectivity index (χ4v) is 5.63. The van der Waals surface area contributed by atoms with Crippen molar-refractivity contribution in [2.45, 2.75) is 77.4 Å². The molecule has 1 N–H and O–H groups in total. The Morgan fingerprint density at radius 1 is 0.919 bits per heavy atom. The molecule has 2 aliphatic rings. The monoisotopic (exact) mass is 517 g/mol. The van der Waals surface area contributed by atoms with Gasteiger partial charge in [0.15, 0.2) is 0 Å². The van der Waals surface area contributed by atoms with Gasteiger partial charge in [-0.25, -0.2) is 4.79 Å². The van der Waals surface area contributed by atoms with Gasteiger partial charge in [-0.15, -0.1) is 13.2 Å². The van der Waals surface area contributed by atoms with Crippen molar-refractivity contribution in [2.75, 3.05) is 19.6 Å². The Morgan fingerprint density at radius 3 is 2.14 bits per heavy atom. The van der Waals surface area contributed by atoms with Crippen molar-refractivity contribution in [1.82, 2.24) is 15.1 Å². The normalized spacial score (nSPS) is 20.9. The molecule has 2 atom stereocenters. The second-order valence-corrected chi connectivity index (χ2v) is 11.3. The van der Waals surface area contributed by atoms with Gasteiger partial charge >= 0.3 is 12.4 Å². The summed E-state index contributed by atoms with van der Waals surface area (Å²) in [6.45, 7) is 8.36. The summed E-state index contributed by atoms with van der Waals surface area (Å²) in [5, 5.41) is 3.29. The molecule has 0 aromatic heterocycles. The van der Waals surface area contributed by atoms with E-state index in [4.69, 9.17) is 0 Å². The van der Waals surface area contributed by atoms with Crippen LogP contribution in [0.2, 0.25) is 0 Å². The van der Waals surface area contributed by atoms with E-state index in [1.807, 2.05) is 35.2 Å².